The Labute approximate surface area is 215 Å². The van der Waals surface area contributed by atoms with Crippen molar-refractivity contribution in [3.63, 3.8) is 0 Å². The lowest BCUT2D eigenvalue weighted by molar-refractivity contribution is 0.171. The van der Waals surface area contributed by atoms with E-state index in [0.717, 1.165) is 28.6 Å². The van der Waals surface area contributed by atoms with Crippen LogP contribution in [0.15, 0.2) is 82.2 Å². The van der Waals surface area contributed by atoms with Gasteiger partial charge in [0.05, 0.1) is 18.3 Å². The normalized spacial score (nSPS) is 12.9. The fourth-order valence-corrected chi connectivity index (χ4v) is 4.70. The largest absolute Gasteiger partial charge is 0.468 e. The predicted octanol–water partition coefficient (Wildman–Crippen LogP) is 5.22. The maximum atomic E-state index is 13.7. The smallest absolute Gasteiger partial charge is 0.253 e. The third kappa shape index (κ3) is 5.24. The molecule has 0 aliphatic heterocycles. The van der Waals surface area contributed by atoms with Crippen molar-refractivity contribution in [2.75, 3.05) is 0 Å². The van der Waals surface area contributed by atoms with Gasteiger partial charge in [0.2, 0.25) is 0 Å². The quantitative estimate of drug-likeness (QED) is 0.317. The molecule has 5 rings (SSSR count). The molecule has 0 fully saturated rings. The number of nitrogens with zero attached hydrogens (tertiary/aromatic N) is 5. The number of aromatic amines is 1. The molecule has 0 aliphatic rings. The van der Waals surface area contributed by atoms with E-state index in [1.165, 1.54) is 5.56 Å². The zero-order chi connectivity index (χ0) is 26.0. The van der Waals surface area contributed by atoms with Crippen LogP contribution in [0.1, 0.15) is 62.0 Å². The number of aryl methyl sites for hydroxylation is 1. The number of rotatable bonds is 8. The molecule has 1 atom stereocenters. The Balaban J connectivity index is 1.73. The second-order valence-corrected chi connectivity index (χ2v) is 10.3. The number of H-pyrrole nitrogens is 1. The third-order valence-electron chi connectivity index (χ3n) is 6.55. The van der Waals surface area contributed by atoms with Crippen LogP contribution in [0.4, 0.5) is 0 Å². The number of tetrazole rings is 1. The van der Waals surface area contributed by atoms with Crippen LogP contribution in [-0.4, -0.2) is 30.1 Å². The van der Waals surface area contributed by atoms with Crippen LogP contribution < -0.4 is 5.56 Å². The van der Waals surface area contributed by atoms with E-state index in [1.54, 1.807) is 6.26 Å². The Morgan fingerprint density at radius 3 is 2.51 bits per heavy atom. The van der Waals surface area contributed by atoms with Crippen LogP contribution >= 0.6 is 0 Å². The monoisotopic (exact) mass is 496 g/mol. The summed E-state index contributed by atoms with van der Waals surface area (Å²) in [6.45, 7) is 9.31. The molecule has 8 nitrogen and oxygen atoms in total. The Morgan fingerprint density at radius 1 is 1.00 bits per heavy atom. The van der Waals surface area contributed by atoms with Gasteiger partial charge in [0.25, 0.3) is 5.56 Å². The SMILES string of the molecule is CCc1ccc2[nH]c(=O)c(C(c3nnnn3C(C)(C)C)N(Cc3ccccc3)Cc3ccco3)cc2c1. The van der Waals surface area contributed by atoms with Crippen molar-refractivity contribution in [1.29, 1.82) is 0 Å². The van der Waals surface area contributed by atoms with E-state index in [9.17, 15) is 4.79 Å². The molecule has 8 heteroatoms. The summed E-state index contributed by atoms with van der Waals surface area (Å²) in [4.78, 5) is 19.0. The van der Waals surface area contributed by atoms with Gasteiger partial charge in [0.1, 0.15) is 11.8 Å². The number of nitrogens with one attached hydrogen (secondary N) is 1. The van der Waals surface area contributed by atoms with E-state index in [-0.39, 0.29) is 11.1 Å². The summed E-state index contributed by atoms with van der Waals surface area (Å²) < 4.78 is 7.56. The fraction of sp³-hybridized carbons (Fsp3) is 0.310. The Hall–Kier alpha value is -4.04. The molecule has 1 N–H and O–H groups in total. The highest BCUT2D eigenvalue weighted by molar-refractivity contribution is 5.80. The third-order valence-corrected chi connectivity index (χ3v) is 6.55. The highest BCUT2D eigenvalue weighted by Crippen LogP contribution is 2.32. The molecular formula is C29H32N6O2. The summed E-state index contributed by atoms with van der Waals surface area (Å²) in [6.07, 6.45) is 2.58. The molecule has 0 bridgehead atoms. The molecule has 3 heterocycles. The molecule has 0 saturated heterocycles. The molecule has 2 aromatic carbocycles. The Morgan fingerprint density at radius 2 is 1.81 bits per heavy atom. The van der Waals surface area contributed by atoms with Crippen LogP contribution in [-0.2, 0) is 25.0 Å². The molecule has 0 spiro atoms. The number of hydrogen-bond donors (Lipinski definition) is 1. The highest BCUT2D eigenvalue weighted by Gasteiger charge is 2.34. The molecule has 190 valence electrons. The van der Waals surface area contributed by atoms with Crippen LogP contribution in [0, 0.1) is 0 Å². The molecular weight excluding hydrogens is 464 g/mol. The number of pyridine rings is 1. The van der Waals surface area contributed by atoms with E-state index >= 15 is 0 Å². The van der Waals surface area contributed by atoms with Gasteiger partial charge in [-0.05, 0) is 84.5 Å². The molecule has 0 radical (unpaired) electrons. The number of furan rings is 1. The molecule has 5 aromatic rings. The maximum Gasteiger partial charge on any atom is 0.253 e. The van der Waals surface area contributed by atoms with Crippen LogP contribution in [0.2, 0.25) is 0 Å². The van der Waals surface area contributed by atoms with Gasteiger partial charge in [-0.3, -0.25) is 9.69 Å². The summed E-state index contributed by atoms with van der Waals surface area (Å²) in [5.41, 5.74) is 3.16. The second-order valence-electron chi connectivity index (χ2n) is 10.3. The average molecular weight is 497 g/mol. The van der Waals surface area contributed by atoms with Crippen molar-refractivity contribution in [2.24, 2.45) is 0 Å². The summed E-state index contributed by atoms with van der Waals surface area (Å²) in [5.74, 6) is 1.40. The van der Waals surface area contributed by atoms with Gasteiger partial charge < -0.3 is 9.40 Å². The minimum Gasteiger partial charge on any atom is -0.468 e. The molecule has 3 aromatic heterocycles. The first-order valence-corrected chi connectivity index (χ1v) is 12.6. The second kappa shape index (κ2) is 10.1. The van der Waals surface area contributed by atoms with Gasteiger partial charge in [-0.1, -0.05) is 43.3 Å². The van der Waals surface area contributed by atoms with Gasteiger partial charge >= 0.3 is 0 Å². The summed E-state index contributed by atoms with van der Waals surface area (Å²) >= 11 is 0. The topological polar surface area (TPSA) is 92.8 Å². The minimum absolute atomic E-state index is 0.164. The molecule has 0 aliphatic carbocycles. The molecule has 0 amide bonds. The summed E-state index contributed by atoms with van der Waals surface area (Å²) in [7, 11) is 0. The zero-order valence-corrected chi connectivity index (χ0v) is 21.7. The lowest BCUT2D eigenvalue weighted by Gasteiger charge is -2.32. The van der Waals surface area contributed by atoms with Crippen molar-refractivity contribution in [3.05, 3.63) is 112 Å². The zero-order valence-electron chi connectivity index (χ0n) is 21.7. The maximum absolute atomic E-state index is 13.7. The van der Waals surface area contributed by atoms with E-state index in [0.29, 0.717) is 24.5 Å². The van der Waals surface area contributed by atoms with Crippen molar-refractivity contribution in [1.82, 2.24) is 30.1 Å². The van der Waals surface area contributed by atoms with Gasteiger partial charge in [-0.25, -0.2) is 4.68 Å². The van der Waals surface area contributed by atoms with Gasteiger partial charge in [-0.2, -0.15) is 0 Å². The van der Waals surface area contributed by atoms with Crippen LogP contribution in [0.25, 0.3) is 10.9 Å². The number of benzene rings is 2. The molecule has 0 saturated carbocycles. The Bertz CT molecular complexity index is 1530. The number of aromatic nitrogens is 5. The van der Waals surface area contributed by atoms with Gasteiger partial charge in [0.15, 0.2) is 5.82 Å². The summed E-state index contributed by atoms with van der Waals surface area (Å²) in [5, 5.41) is 13.8. The first-order chi connectivity index (χ1) is 17.8. The van der Waals surface area contributed by atoms with Crippen LogP contribution in [0.3, 0.4) is 0 Å². The molecule has 37 heavy (non-hydrogen) atoms. The number of fused-ring (bicyclic) bond motifs is 1. The van der Waals surface area contributed by atoms with E-state index < -0.39 is 6.04 Å². The average Bonchev–Trinajstić information content (AvgIpc) is 3.57. The fourth-order valence-electron chi connectivity index (χ4n) is 4.70. The highest BCUT2D eigenvalue weighted by atomic mass is 16.3. The van der Waals surface area contributed by atoms with E-state index in [2.05, 4.69) is 71.3 Å². The van der Waals surface area contributed by atoms with Gasteiger partial charge in [-0.15, -0.1) is 5.10 Å². The van der Waals surface area contributed by atoms with E-state index in [4.69, 9.17) is 4.42 Å². The first-order valence-electron chi connectivity index (χ1n) is 12.6. The minimum atomic E-state index is -0.530. The predicted molar refractivity (Wildman–Crippen MR) is 143 cm³/mol. The van der Waals surface area contributed by atoms with E-state index in [1.807, 2.05) is 53.2 Å². The standard InChI is InChI=1S/C29H32N6O2/c1-5-20-13-14-25-22(16-20)17-24(28(36)30-25)26(27-31-32-33-35(27)29(2,3)4)34(19-23-12-9-15-37-23)18-21-10-7-6-8-11-21/h6-17,26H,5,18-19H2,1-4H3,(H,30,36). The lowest BCUT2D eigenvalue weighted by Crippen LogP contribution is -2.37. The Kier molecular flexibility index (Phi) is 6.76. The van der Waals surface area contributed by atoms with Crippen molar-refractivity contribution in [3.8, 4) is 0 Å². The van der Waals surface area contributed by atoms with Crippen molar-refractivity contribution < 1.29 is 4.42 Å². The lowest BCUT2D eigenvalue weighted by atomic mass is 10.00. The number of hydrogen-bond acceptors (Lipinski definition) is 6. The van der Waals surface area contributed by atoms with Crippen molar-refractivity contribution >= 4 is 10.9 Å². The molecule has 1 unspecified atom stereocenters. The van der Waals surface area contributed by atoms with Crippen LogP contribution in [0.5, 0.6) is 0 Å². The summed E-state index contributed by atoms with van der Waals surface area (Å²) in [6, 6.07) is 21.6. The van der Waals surface area contributed by atoms with Crippen molar-refractivity contribution in [2.45, 2.75) is 58.8 Å². The first kappa shape index (κ1) is 24.6. The van der Waals surface area contributed by atoms with Gasteiger partial charge in [0, 0.05) is 17.6 Å².